The fourth-order valence-electron chi connectivity index (χ4n) is 2.23. The second kappa shape index (κ2) is 6.11. The van der Waals surface area contributed by atoms with E-state index in [1.165, 1.54) is 0 Å². The Morgan fingerprint density at radius 1 is 1.19 bits per heavy atom. The summed E-state index contributed by atoms with van der Waals surface area (Å²) in [7, 11) is 0. The molecule has 0 saturated carbocycles. The predicted octanol–water partition coefficient (Wildman–Crippen LogP) is 3.20. The van der Waals surface area contributed by atoms with E-state index in [0.717, 1.165) is 22.4 Å². The molecule has 21 heavy (non-hydrogen) atoms. The van der Waals surface area contributed by atoms with Gasteiger partial charge in [0, 0.05) is 5.69 Å². The highest BCUT2D eigenvalue weighted by Crippen LogP contribution is 2.24. The van der Waals surface area contributed by atoms with Gasteiger partial charge < -0.3 is 10.7 Å². The minimum atomic E-state index is -0.368. The number of anilines is 2. The Morgan fingerprint density at radius 3 is 2.38 bits per heavy atom. The molecular weight excluding hydrogens is 288 g/mol. The SMILES string of the molecule is Cc1cc(C)c(NC(=O)c2nc(NN)ccc2Cl)c(C)c1. The van der Waals surface area contributed by atoms with Crippen molar-refractivity contribution in [3.63, 3.8) is 0 Å². The Kier molecular flexibility index (Phi) is 4.45. The summed E-state index contributed by atoms with van der Waals surface area (Å²) in [5, 5.41) is 3.13. The number of nitrogens with zero attached hydrogens (tertiary/aromatic N) is 1. The monoisotopic (exact) mass is 304 g/mol. The zero-order chi connectivity index (χ0) is 15.6. The van der Waals surface area contributed by atoms with Crippen LogP contribution in [0.2, 0.25) is 5.02 Å². The lowest BCUT2D eigenvalue weighted by Crippen LogP contribution is -2.18. The molecule has 0 atom stereocenters. The first-order chi connectivity index (χ1) is 9.92. The first-order valence-electron chi connectivity index (χ1n) is 6.44. The van der Waals surface area contributed by atoms with Gasteiger partial charge >= 0.3 is 0 Å². The van der Waals surface area contributed by atoms with Crippen LogP contribution in [0.3, 0.4) is 0 Å². The summed E-state index contributed by atoms with van der Waals surface area (Å²) in [5.74, 6) is 5.31. The molecule has 0 radical (unpaired) electrons. The van der Waals surface area contributed by atoms with Gasteiger partial charge in [-0.3, -0.25) is 4.79 Å². The maximum absolute atomic E-state index is 12.4. The number of hydrogen-bond donors (Lipinski definition) is 3. The molecule has 0 aliphatic carbocycles. The van der Waals surface area contributed by atoms with Crippen molar-refractivity contribution in [1.29, 1.82) is 0 Å². The van der Waals surface area contributed by atoms with Crippen molar-refractivity contribution in [2.75, 3.05) is 10.7 Å². The molecule has 2 aromatic rings. The number of aromatic nitrogens is 1. The summed E-state index contributed by atoms with van der Waals surface area (Å²) in [5.41, 5.74) is 6.43. The number of nitrogens with two attached hydrogens (primary N) is 1. The topological polar surface area (TPSA) is 80.0 Å². The number of rotatable bonds is 3. The number of aryl methyl sites for hydroxylation is 3. The minimum absolute atomic E-state index is 0.131. The molecule has 2 rings (SSSR count). The zero-order valence-corrected chi connectivity index (χ0v) is 12.9. The van der Waals surface area contributed by atoms with Gasteiger partial charge in [0.1, 0.15) is 11.5 Å². The van der Waals surface area contributed by atoms with Crippen molar-refractivity contribution in [3.05, 3.63) is 51.7 Å². The van der Waals surface area contributed by atoms with E-state index < -0.39 is 0 Å². The lowest BCUT2D eigenvalue weighted by Gasteiger charge is -2.13. The lowest BCUT2D eigenvalue weighted by molar-refractivity contribution is 0.102. The number of amides is 1. The Bertz CT molecular complexity index is 677. The van der Waals surface area contributed by atoms with E-state index in [4.69, 9.17) is 17.4 Å². The van der Waals surface area contributed by atoms with Crippen LogP contribution in [0.1, 0.15) is 27.2 Å². The van der Waals surface area contributed by atoms with Crippen molar-refractivity contribution in [1.82, 2.24) is 4.98 Å². The summed E-state index contributed by atoms with van der Waals surface area (Å²) in [4.78, 5) is 16.4. The highest BCUT2D eigenvalue weighted by atomic mass is 35.5. The average molecular weight is 305 g/mol. The summed E-state index contributed by atoms with van der Waals surface area (Å²) in [6.45, 7) is 5.91. The van der Waals surface area contributed by atoms with Gasteiger partial charge in [0.05, 0.1) is 5.02 Å². The fourth-order valence-corrected chi connectivity index (χ4v) is 2.42. The van der Waals surface area contributed by atoms with Gasteiger partial charge in [-0.25, -0.2) is 10.8 Å². The first kappa shape index (κ1) is 15.3. The second-order valence-corrected chi connectivity index (χ2v) is 5.31. The molecule has 1 heterocycles. The van der Waals surface area contributed by atoms with Crippen LogP contribution >= 0.6 is 11.6 Å². The van der Waals surface area contributed by atoms with E-state index in [9.17, 15) is 4.79 Å². The van der Waals surface area contributed by atoms with Crippen LogP contribution in [0, 0.1) is 20.8 Å². The van der Waals surface area contributed by atoms with Crippen molar-refractivity contribution >= 4 is 29.0 Å². The van der Waals surface area contributed by atoms with Crippen molar-refractivity contribution in [3.8, 4) is 0 Å². The molecule has 1 aromatic carbocycles. The molecule has 0 bridgehead atoms. The van der Waals surface area contributed by atoms with Crippen LogP contribution in [-0.4, -0.2) is 10.9 Å². The molecule has 0 unspecified atom stereocenters. The summed E-state index contributed by atoms with van der Waals surface area (Å²) < 4.78 is 0. The molecule has 0 spiro atoms. The molecule has 110 valence electrons. The Morgan fingerprint density at radius 2 is 1.81 bits per heavy atom. The van der Waals surface area contributed by atoms with Gasteiger partial charge in [-0.2, -0.15) is 0 Å². The van der Waals surface area contributed by atoms with E-state index >= 15 is 0 Å². The van der Waals surface area contributed by atoms with Crippen LogP contribution in [0.15, 0.2) is 24.3 Å². The molecule has 0 saturated heterocycles. The van der Waals surface area contributed by atoms with Gasteiger partial charge in [0.2, 0.25) is 0 Å². The van der Waals surface area contributed by atoms with Crippen molar-refractivity contribution in [2.24, 2.45) is 5.84 Å². The number of nitrogen functional groups attached to an aromatic ring is 1. The highest BCUT2D eigenvalue weighted by molar-refractivity contribution is 6.34. The maximum Gasteiger partial charge on any atom is 0.275 e. The molecule has 0 fully saturated rings. The van der Waals surface area contributed by atoms with E-state index in [2.05, 4.69) is 15.7 Å². The number of nitrogens with one attached hydrogen (secondary N) is 2. The van der Waals surface area contributed by atoms with E-state index in [0.29, 0.717) is 5.82 Å². The third-order valence-corrected chi connectivity index (χ3v) is 3.43. The van der Waals surface area contributed by atoms with Crippen LogP contribution in [0.4, 0.5) is 11.5 Å². The van der Waals surface area contributed by atoms with Gasteiger partial charge in [0.25, 0.3) is 5.91 Å². The first-order valence-corrected chi connectivity index (χ1v) is 6.82. The molecule has 1 aromatic heterocycles. The highest BCUT2D eigenvalue weighted by Gasteiger charge is 2.15. The Labute approximate surface area is 128 Å². The normalized spacial score (nSPS) is 10.3. The summed E-state index contributed by atoms with van der Waals surface area (Å²) >= 11 is 6.03. The van der Waals surface area contributed by atoms with Crippen molar-refractivity contribution < 1.29 is 4.79 Å². The number of carbonyl (C=O) groups excluding carboxylic acids is 1. The second-order valence-electron chi connectivity index (χ2n) is 4.90. The van der Waals surface area contributed by atoms with Crippen LogP contribution in [-0.2, 0) is 0 Å². The third kappa shape index (κ3) is 3.32. The molecule has 5 nitrogen and oxygen atoms in total. The van der Waals surface area contributed by atoms with Gasteiger partial charge in [-0.1, -0.05) is 29.3 Å². The van der Waals surface area contributed by atoms with E-state index in [-0.39, 0.29) is 16.6 Å². The lowest BCUT2D eigenvalue weighted by atomic mass is 10.0. The molecule has 0 aliphatic rings. The number of hydrogen-bond acceptors (Lipinski definition) is 4. The van der Waals surface area contributed by atoms with Gasteiger partial charge in [-0.05, 0) is 44.0 Å². The molecule has 6 heteroatoms. The van der Waals surface area contributed by atoms with Crippen LogP contribution in [0.5, 0.6) is 0 Å². The van der Waals surface area contributed by atoms with E-state index in [1.54, 1.807) is 12.1 Å². The number of benzene rings is 1. The minimum Gasteiger partial charge on any atom is -0.320 e. The smallest absolute Gasteiger partial charge is 0.275 e. The van der Waals surface area contributed by atoms with Crippen molar-refractivity contribution in [2.45, 2.75) is 20.8 Å². The van der Waals surface area contributed by atoms with E-state index in [1.807, 2.05) is 32.9 Å². The van der Waals surface area contributed by atoms with Crippen LogP contribution < -0.4 is 16.6 Å². The predicted molar refractivity (Wildman–Crippen MR) is 85.7 cm³/mol. The molecular formula is C15H17ClN4O. The summed E-state index contributed by atoms with van der Waals surface area (Å²) in [6.07, 6.45) is 0. The number of halogens is 1. The number of carbonyl (C=O) groups is 1. The largest absolute Gasteiger partial charge is 0.320 e. The molecule has 4 N–H and O–H groups in total. The number of pyridine rings is 1. The molecule has 1 amide bonds. The summed E-state index contributed by atoms with van der Waals surface area (Å²) in [6, 6.07) is 7.19. The van der Waals surface area contributed by atoms with Gasteiger partial charge in [0.15, 0.2) is 0 Å². The quantitative estimate of drug-likeness (QED) is 0.601. The Balaban J connectivity index is 2.35. The average Bonchev–Trinajstić information content (AvgIpc) is 2.43. The zero-order valence-electron chi connectivity index (χ0n) is 12.1. The fraction of sp³-hybridized carbons (Fsp3) is 0.200. The number of hydrazine groups is 1. The maximum atomic E-state index is 12.4. The Hall–Kier alpha value is -2.11. The molecule has 0 aliphatic heterocycles. The van der Waals surface area contributed by atoms with Crippen LogP contribution in [0.25, 0.3) is 0 Å². The standard InChI is InChI=1S/C15H17ClN4O/c1-8-6-9(2)13(10(3)7-8)19-15(21)14-11(16)4-5-12(18-14)20-17/h4-7H,17H2,1-3H3,(H,18,20)(H,19,21). The van der Waals surface area contributed by atoms with Gasteiger partial charge in [-0.15, -0.1) is 0 Å². The third-order valence-electron chi connectivity index (χ3n) is 3.12.